The van der Waals surface area contributed by atoms with Crippen LogP contribution in [0.3, 0.4) is 0 Å². The lowest BCUT2D eigenvalue weighted by Gasteiger charge is -2.14. The van der Waals surface area contributed by atoms with Crippen molar-refractivity contribution in [2.45, 2.75) is 19.9 Å². The normalized spacial score (nSPS) is 12.6. The zero-order chi connectivity index (χ0) is 14.1. The van der Waals surface area contributed by atoms with Gasteiger partial charge in [0.05, 0.1) is 6.04 Å². The van der Waals surface area contributed by atoms with Crippen LogP contribution >= 0.6 is 33.9 Å². The van der Waals surface area contributed by atoms with Crippen molar-refractivity contribution in [1.29, 1.82) is 0 Å². The molecule has 1 unspecified atom stereocenters. The molecule has 1 nitrogen and oxygen atoms in total. The zero-order valence-electron chi connectivity index (χ0n) is 11.5. The highest BCUT2D eigenvalue weighted by Gasteiger charge is 2.09. The van der Waals surface area contributed by atoms with Crippen molar-refractivity contribution < 1.29 is 0 Å². The van der Waals surface area contributed by atoms with E-state index in [1.807, 2.05) is 11.3 Å². The fourth-order valence-corrected chi connectivity index (χ4v) is 3.80. The maximum atomic E-state index is 3.59. The van der Waals surface area contributed by atoms with Gasteiger partial charge in [-0.25, -0.2) is 0 Å². The number of rotatable bonds is 3. The molecule has 3 heteroatoms. The molecule has 0 aliphatic heterocycles. The standard InChI is InChI=1S/C17H16INS/c1-11-7-8-14(10-15(11)18)19-12(2)17-9-13-5-3-4-6-16(13)20-17/h3-10,12,19H,1-2H3. The van der Waals surface area contributed by atoms with Crippen LogP contribution in [0.25, 0.3) is 10.1 Å². The molecular formula is C17H16INS. The smallest absolute Gasteiger partial charge is 0.0578 e. The predicted molar refractivity (Wildman–Crippen MR) is 97.8 cm³/mol. The second kappa shape index (κ2) is 5.74. The van der Waals surface area contributed by atoms with Crippen molar-refractivity contribution in [3.63, 3.8) is 0 Å². The summed E-state index contributed by atoms with van der Waals surface area (Å²) in [5, 5.41) is 4.93. The number of thiophene rings is 1. The number of hydrogen-bond acceptors (Lipinski definition) is 2. The van der Waals surface area contributed by atoms with Gasteiger partial charge in [0.25, 0.3) is 0 Å². The number of benzene rings is 2. The molecule has 1 aromatic heterocycles. The molecule has 20 heavy (non-hydrogen) atoms. The van der Waals surface area contributed by atoms with E-state index >= 15 is 0 Å². The highest BCUT2D eigenvalue weighted by molar-refractivity contribution is 14.1. The Morgan fingerprint density at radius 1 is 1.10 bits per heavy atom. The third-order valence-corrected chi connectivity index (χ3v) is 5.89. The number of hydrogen-bond donors (Lipinski definition) is 1. The van der Waals surface area contributed by atoms with E-state index in [-0.39, 0.29) is 0 Å². The van der Waals surface area contributed by atoms with Gasteiger partial charge in [0.15, 0.2) is 0 Å². The van der Waals surface area contributed by atoms with E-state index in [0.29, 0.717) is 6.04 Å². The number of fused-ring (bicyclic) bond motifs is 1. The molecular weight excluding hydrogens is 377 g/mol. The molecule has 3 aromatic rings. The summed E-state index contributed by atoms with van der Waals surface area (Å²) in [6.07, 6.45) is 0. The molecule has 3 rings (SSSR count). The van der Waals surface area contributed by atoms with Gasteiger partial charge in [0.1, 0.15) is 0 Å². The lowest BCUT2D eigenvalue weighted by atomic mass is 10.2. The van der Waals surface area contributed by atoms with Crippen molar-refractivity contribution >= 4 is 49.7 Å². The first-order valence-electron chi connectivity index (χ1n) is 6.64. The summed E-state index contributed by atoms with van der Waals surface area (Å²) in [5.41, 5.74) is 2.51. The molecule has 0 radical (unpaired) electrons. The van der Waals surface area contributed by atoms with Gasteiger partial charge in [0.2, 0.25) is 0 Å². The van der Waals surface area contributed by atoms with Crippen molar-refractivity contribution in [3.8, 4) is 0 Å². The van der Waals surface area contributed by atoms with E-state index in [9.17, 15) is 0 Å². The average Bonchev–Trinajstić information content (AvgIpc) is 2.87. The van der Waals surface area contributed by atoms with E-state index in [1.54, 1.807) is 0 Å². The van der Waals surface area contributed by atoms with Gasteiger partial charge >= 0.3 is 0 Å². The fraction of sp³-hybridized carbons (Fsp3) is 0.176. The maximum absolute atomic E-state index is 3.59. The first-order valence-corrected chi connectivity index (χ1v) is 8.54. The zero-order valence-corrected chi connectivity index (χ0v) is 14.5. The molecule has 0 fully saturated rings. The summed E-state index contributed by atoms with van der Waals surface area (Å²) < 4.78 is 2.66. The Bertz CT molecular complexity index is 715. The Hall–Kier alpha value is -1.07. The van der Waals surface area contributed by atoms with E-state index in [4.69, 9.17) is 0 Å². The molecule has 2 aromatic carbocycles. The van der Waals surface area contributed by atoms with Gasteiger partial charge in [-0.3, -0.25) is 0 Å². The predicted octanol–water partition coefficient (Wildman–Crippen LogP) is 5.99. The number of nitrogens with one attached hydrogen (secondary N) is 1. The second-order valence-electron chi connectivity index (χ2n) is 5.02. The fourth-order valence-electron chi connectivity index (χ4n) is 2.22. The summed E-state index contributed by atoms with van der Waals surface area (Å²) >= 11 is 4.25. The lowest BCUT2D eigenvalue weighted by molar-refractivity contribution is 0.908. The molecule has 0 amide bonds. The molecule has 0 bridgehead atoms. The summed E-state index contributed by atoms with van der Waals surface area (Å²) in [6.45, 7) is 4.36. The Kier molecular flexibility index (Phi) is 3.98. The first kappa shape index (κ1) is 13.9. The number of aryl methyl sites for hydroxylation is 1. The van der Waals surface area contributed by atoms with Crippen LogP contribution in [0, 0.1) is 10.5 Å². The minimum atomic E-state index is 0.325. The molecule has 1 N–H and O–H groups in total. The van der Waals surface area contributed by atoms with Crippen LogP contribution in [0.1, 0.15) is 23.4 Å². The molecule has 1 heterocycles. The molecule has 1 atom stereocenters. The minimum absolute atomic E-state index is 0.325. The Labute approximate surface area is 137 Å². The van der Waals surface area contributed by atoms with E-state index in [0.717, 1.165) is 0 Å². The Morgan fingerprint density at radius 2 is 1.90 bits per heavy atom. The van der Waals surface area contributed by atoms with Crippen molar-refractivity contribution in [2.24, 2.45) is 0 Å². The van der Waals surface area contributed by atoms with Crippen molar-refractivity contribution in [2.75, 3.05) is 5.32 Å². The van der Waals surface area contributed by atoms with E-state index in [1.165, 1.54) is 29.8 Å². The van der Waals surface area contributed by atoms with Crippen LogP contribution < -0.4 is 5.32 Å². The van der Waals surface area contributed by atoms with Gasteiger partial charge in [0, 0.05) is 18.8 Å². The average molecular weight is 393 g/mol. The summed E-state index contributed by atoms with van der Waals surface area (Å²) in [7, 11) is 0. The van der Waals surface area contributed by atoms with Crippen LogP contribution in [0.15, 0.2) is 48.5 Å². The molecule has 0 saturated heterocycles. The van der Waals surface area contributed by atoms with Crippen LogP contribution in [0.2, 0.25) is 0 Å². The molecule has 0 spiro atoms. The largest absolute Gasteiger partial charge is 0.378 e. The Balaban J connectivity index is 1.84. The topological polar surface area (TPSA) is 12.0 Å². The maximum Gasteiger partial charge on any atom is 0.0578 e. The van der Waals surface area contributed by atoms with Crippen LogP contribution in [-0.4, -0.2) is 0 Å². The SMILES string of the molecule is Cc1ccc(NC(C)c2cc3ccccc3s2)cc1I. The monoisotopic (exact) mass is 393 g/mol. The third kappa shape index (κ3) is 2.83. The van der Waals surface area contributed by atoms with Crippen LogP contribution in [0.5, 0.6) is 0 Å². The molecule has 0 aliphatic rings. The van der Waals surface area contributed by atoms with Gasteiger partial charge < -0.3 is 5.32 Å². The summed E-state index contributed by atoms with van der Waals surface area (Å²) in [4.78, 5) is 1.38. The third-order valence-electron chi connectivity index (χ3n) is 3.43. The van der Waals surface area contributed by atoms with Crippen LogP contribution in [0.4, 0.5) is 5.69 Å². The first-order chi connectivity index (χ1) is 9.63. The molecule has 102 valence electrons. The summed E-state index contributed by atoms with van der Waals surface area (Å²) in [5.74, 6) is 0. The van der Waals surface area contributed by atoms with Gasteiger partial charge in [-0.05, 0) is 71.7 Å². The van der Waals surface area contributed by atoms with Gasteiger partial charge in [-0.2, -0.15) is 0 Å². The lowest BCUT2D eigenvalue weighted by Crippen LogP contribution is -2.04. The highest BCUT2D eigenvalue weighted by atomic mass is 127. The van der Waals surface area contributed by atoms with Crippen LogP contribution in [-0.2, 0) is 0 Å². The van der Waals surface area contributed by atoms with Gasteiger partial charge in [-0.1, -0.05) is 24.3 Å². The molecule has 0 aliphatic carbocycles. The van der Waals surface area contributed by atoms with E-state index < -0.39 is 0 Å². The van der Waals surface area contributed by atoms with Crippen molar-refractivity contribution in [3.05, 3.63) is 62.5 Å². The minimum Gasteiger partial charge on any atom is -0.378 e. The second-order valence-corrected chi connectivity index (χ2v) is 7.29. The van der Waals surface area contributed by atoms with E-state index in [2.05, 4.69) is 90.3 Å². The number of anilines is 1. The van der Waals surface area contributed by atoms with Gasteiger partial charge in [-0.15, -0.1) is 11.3 Å². The van der Waals surface area contributed by atoms with Crippen molar-refractivity contribution in [1.82, 2.24) is 0 Å². The summed E-state index contributed by atoms with van der Waals surface area (Å²) in [6, 6.07) is 17.7. The molecule has 0 saturated carbocycles. The highest BCUT2D eigenvalue weighted by Crippen LogP contribution is 2.31. The Morgan fingerprint density at radius 3 is 2.65 bits per heavy atom. The number of halogens is 1. The quantitative estimate of drug-likeness (QED) is 0.539.